The Balaban J connectivity index is 1.40. The number of nitrogens with zero attached hydrogens (tertiary/aromatic N) is 4. The van der Waals surface area contributed by atoms with Gasteiger partial charge in [0.15, 0.2) is 0 Å². The Labute approximate surface area is 170 Å². The summed E-state index contributed by atoms with van der Waals surface area (Å²) in [5.41, 5.74) is 1.46. The van der Waals surface area contributed by atoms with Crippen LogP contribution in [0.4, 0.5) is 0 Å². The zero-order valence-electron chi connectivity index (χ0n) is 17.6. The van der Waals surface area contributed by atoms with Crippen molar-refractivity contribution in [2.45, 2.75) is 52.1 Å². The Morgan fingerprint density at radius 2 is 1.82 bits per heavy atom. The minimum absolute atomic E-state index is 0.496. The maximum atomic E-state index is 4.83. The molecule has 3 heterocycles. The zero-order chi connectivity index (χ0) is 19.3. The lowest BCUT2D eigenvalue weighted by molar-refractivity contribution is 0.0769. The van der Waals surface area contributed by atoms with E-state index >= 15 is 0 Å². The second-order valence-corrected chi connectivity index (χ2v) is 9.08. The van der Waals surface area contributed by atoms with E-state index in [1.54, 1.807) is 0 Å². The van der Waals surface area contributed by atoms with Crippen molar-refractivity contribution in [2.24, 2.45) is 11.8 Å². The number of aromatic nitrogens is 2. The van der Waals surface area contributed by atoms with Crippen LogP contribution in [0.2, 0.25) is 0 Å². The van der Waals surface area contributed by atoms with E-state index in [-0.39, 0.29) is 0 Å². The van der Waals surface area contributed by atoms with E-state index in [4.69, 9.17) is 4.98 Å². The molecule has 0 N–H and O–H groups in total. The molecule has 0 spiro atoms. The van der Waals surface area contributed by atoms with E-state index in [9.17, 15) is 0 Å². The molecule has 2 aliphatic rings. The number of rotatable bonds is 6. The van der Waals surface area contributed by atoms with E-state index in [0.29, 0.717) is 12.0 Å². The number of fused-ring (bicyclic) bond motifs is 1. The normalized spacial score (nSPS) is 22.3. The fraction of sp³-hybridized carbons (Fsp3) is 0.625. The maximum Gasteiger partial charge on any atom is 0.126 e. The fourth-order valence-corrected chi connectivity index (χ4v) is 5.13. The van der Waals surface area contributed by atoms with Gasteiger partial charge in [0, 0.05) is 38.6 Å². The van der Waals surface area contributed by atoms with E-state index in [0.717, 1.165) is 12.5 Å². The van der Waals surface area contributed by atoms with Gasteiger partial charge in [-0.15, -0.1) is 0 Å². The van der Waals surface area contributed by atoms with Crippen molar-refractivity contribution in [3.05, 3.63) is 54.1 Å². The van der Waals surface area contributed by atoms with Gasteiger partial charge in [-0.3, -0.25) is 4.90 Å². The van der Waals surface area contributed by atoms with Gasteiger partial charge in [0.1, 0.15) is 5.82 Å². The molecule has 0 aliphatic carbocycles. The molecule has 152 valence electrons. The molecule has 1 atom stereocenters. The highest BCUT2D eigenvalue weighted by atomic mass is 15.2. The molecule has 2 aromatic rings. The summed E-state index contributed by atoms with van der Waals surface area (Å²) in [6, 6.07) is 11.4. The monoisotopic (exact) mass is 380 g/mol. The number of piperidine rings is 1. The summed E-state index contributed by atoms with van der Waals surface area (Å²) in [6.45, 7) is 11.9. The highest BCUT2D eigenvalue weighted by molar-refractivity contribution is 5.15. The fourth-order valence-electron chi connectivity index (χ4n) is 5.13. The van der Waals surface area contributed by atoms with Gasteiger partial charge in [-0.05, 0) is 56.2 Å². The second kappa shape index (κ2) is 9.23. The van der Waals surface area contributed by atoms with Crippen molar-refractivity contribution in [1.82, 2.24) is 19.4 Å². The molecular formula is C24H36N4. The standard InChI is InChI=1S/C24H36N4/c1-20(2)19-28-14-6-13-27-18-12-25-24(27)23(28)22-10-16-26(17-11-22)15-9-21-7-4-3-5-8-21/h3-5,7-8,12,18,20,22-23H,6,9-11,13-17,19H2,1-2H3. The minimum atomic E-state index is 0.496. The molecule has 0 saturated carbocycles. The molecule has 1 fully saturated rings. The zero-order valence-corrected chi connectivity index (χ0v) is 17.6. The summed E-state index contributed by atoms with van der Waals surface area (Å²) >= 11 is 0. The maximum absolute atomic E-state index is 4.83. The summed E-state index contributed by atoms with van der Waals surface area (Å²) < 4.78 is 2.42. The minimum Gasteiger partial charge on any atom is -0.334 e. The summed E-state index contributed by atoms with van der Waals surface area (Å²) in [4.78, 5) is 10.3. The number of benzene rings is 1. The molecular weight excluding hydrogens is 344 g/mol. The first-order chi connectivity index (χ1) is 13.7. The lowest BCUT2D eigenvalue weighted by atomic mass is 9.87. The largest absolute Gasteiger partial charge is 0.334 e. The van der Waals surface area contributed by atoms with E-state index in [1.807, 2.05) is 6.20 Å². The first-order valence-electron chi connectivity index (χ1n) is 11.2. The van der Waals surface area contributed by atoms with Crippen molar-refractivity contribution in [1.29, 1.82) is 0 Å². The van der Waals surface area contributed by atoms with Crippen LogP contribution in [0.15, 0.2) is 42.7 Å². The number of hydrogen-bond acceptors (Lipinski definition) is 3. The molecule has 0 amide bonds. The average Bonchev–Trinajstić information content (AvgIpc) is 3.09. The van der Waals surface area contributed by atoms with Crippen molar-refractivity contribution < 1.29 is 0 Å². The van der Waals surface area contributed by atoms with Gasteiger partial charge < -0.3 is 9.47 Å². The lowest BCUT2D eigenvalue weighted by Gasteiger charge is -2.40. The molecule has 4 nitrogen and oxygen atoms in total. The SMILES string of the molecule is CC(C)CN1CCCn2ccnc2C1C1CCN(CCc2ccccc2)CC1. The Morgan fingerprint density at radius 3 is 2.57 bits per heavy atom. The second-order valence-electron chi connectivity index (χ2n) is 9.08. The van der Waals surface area contributed by atoms with Crippen LogP contribution in [0.5, 0.6) is 0 Å². The van der Waals surface area contributed by atoms with Crippen LogP contribution in [-0.4, -0.2) is 52.1 Å². The number of hydrogen-bond donors (Lipinski definition) is 0. The average molecular weight is 381 g/mol. The first kappa shape index (κ1) is 19.7. The molecule has 1 aromatic carbocycles. The van der Waals surface area contributed by atoms with Crippen LogP contribution in [0.3, 0.4) is 0 Å². The quantitative estimate of drug-likeness (QED) is 0.749. The molecule has 2 aliphatic heterocycles. The Bertz CT molecular complexity index is 715. The van der Waals surface area contributed by atoms with Gasteiger partial charge in [0.05, 0.1) is 6.04 Å². The Morgan fingerprint density at radius 1 is 1.04 bits per heavy atom. The molecule has 0 radical (unpaired) electrons. The van der Waals surface area contributed by atoms with Gasteiger partial charge in [0.25, 0.3) is 0 Å². The number of imidazole rings is 1. The van der Waals surface area contributed by atoms with E-state index < -0.39 is 0 Å². The third kappa shape index (κ3) is 4.66. The molecule has 1 saturated heterocycles. The molecule has 28 heavy (non-hydrogen) atoms. The van der Waals surface area contributed by atoms with Gasteiger partial charge in [-0.1, -0.05) is 44.2 Å². The van der Waals surface area contributed by atoms with Crippen molar-refractivity contribution in [2.75, 3.05) is 32.7 Å². The summed E-state index contributed by atoms with van der Waals surface area (Å²) in [6.07, 6.45) is 9.19. The van der Waals surface area contributed by atoms with Crippen LogP contribution < -0.4 is 0 Å². The first-order valence-corrected chi connectivity index (χ1v) is 11.2. The van der Waals surface area contributed by atoms with Gasteiger partial charge in [-0.2, -0.15) is 0 Å². The summed E-state index contributed by atoms with van der Waals surface area (Å²) in [7, 11) is 0. The van der Waals surface area contributed by atoms with Crippen molar-refractivity contribution >= 4 is 0 Å². The number of aryl methyl sites for hydroxylation is 1. The van der Waals surface area contributed by atoms with Gasteiger partial charge in [0.2, 0.25) is 0 Å². The highest BCUT2D eigenvalue weighted by Crippen LogP contribution is 2.37. The van der Waals surface area contributed by atoms with Crippen molar-refractivity contribution in [3.63, 3.8) is 0 Å². The lowest BCUT2D eigenvalue weighted by Crippen LogP contribution is -2.42. The third-order valence-electron chi connectivity index (χ3n) is 6.49. The molecule has 4 heteroatoms. The third-order valence-corrected chi connectivity index (χ3v) is 6.49. The van der Waals surface area contributed by atoms with E-state index in [1.165, 1.54) is 69.8 Å². The van der Waals surface area contributed by atoms with Crippen LogP contribution in [0.1, 0.15) is 50.5 Å². The summed E-state index contributed by atoms with van der Waals surface area (Å²) in [5.74, 6) is 2.75. The van der Waals surface area contributed by atoms with Crippen LogP contribution in [-0.2, 0) is 13.0 Å². The molecule has 1 aromatic heterocycles. The Hall–Kier alpha value is -1.65. The summed E-state index contributed by atoms with van der Waals surface area (Å²) in [5, 5.41) is 0. The number of likely N-dealkylation sites (tertiary alicyclic amines) is 1. The predicted molar refractivity (Wildman–Crippen MR) is 115 cm³/mol. The predicted octanol–water partition coefficient (Wildman–Crippen LogP) is 4.24. The van der Waals surface area contributed by atoms with Gasteiger partial charge >= 0.3 is 0 Å². The topological polar surface area (TPSA) is 24.3 Å². The van der Waals surface area contributed by atoms with Crippen LogP contribution >= 0.6 is 0 Å². The van der Waals surface area contributed by atoms with Gasteiger partial charge in [-0.25, -0.2) is 4.98 Å². The molecule has 1 unspecified atom stereocenters. The smallest absolute Gasteiger partial charge is 0.126 e. The highest BCUT2D eigenvalue weighted by Gasteiger charge is 2.35. The molecule has 4 rings (SSSR count). The molecule has 0 bridgehead atoms. The van der Waals surface area contributed by atoms with Crippen LogP contribution in [0.25, 0.3) is 0 Å². The Kier molecular flexibility index (Phi) is 6.48. The van der Waals surface area contributed by atoms with Crippen molar-refractivity contribution in [3.8, 4) is 0 Å². The van der Waals surface area contributed by atoms with Crippen LogP contribution in [0, 0.1) is 11.8 Å². The van der Waals surface area contributed by atoms with E-state index in [2.05, 4.69) is 64.7 Å².